The van der Waals surface area contributed by atoms with Crippen LogP contribution in [0.5, 0.6) is 0 Å². The Morgan fingerprint density at radius 1 is 1.02 bits per heavy atom. The van der Waals surface area contributed by atoms with Gasteiger partial charge in [-0.2, -0.15) is 0 Å². The normalized spacial score (nSPS) is 16.8. The largest absolute Gasteiger partial charge is 0.467 e. The van der Waals surface area contributed by atoms with Crippen molar-refractivity contribution >= 4 is 29.8 Å². The number of unbranched alkanes of at least 4 members (excludes halogenated alkanes) is 1. The molecule has 4 amide bonds. The summed E-state index contributed by atoms with van der Waals surface area (Å²) in [5.41, 5.74) is 0.0875. The molecule has 3 N–H and O–H groups in total. The third-order valence-electron chi connectivity index (χ3n) is 6.93. The third kappa shape index (κ3) is 10.9. The molecule has 42 heavy (non-hydrogen) atoms. The fourth-order valence-corrected chi connectivity index (χ4v) is 4.73. The first-order valence-corrected chi connectivity index (χ1v) is 14.2. The number of benzene rings is 1. The first-order valence-electron chi connectivity index (χ1n) is 14.2. The Morgan fingerprint density at radius 3 is 2.29 bits per heavy atom. The summed E-state index contributed by atoms with van der Waals surface area (Å²) in [6, 6.07) is -1.61. The highest BCUT2D eigenvalue weighted by atomic mass is 19.1. The van der Waals surface area contributed by atoms with E-state index in [0.29, 0.717) is 44.3 Å². The quantitative estimate of drug-likeness (QED) is 0.221. The number of urea groups is 1. The second-order valence-electron chi connectivity index (χ2n) is 10.8. The number of hydrogen-bond donors (Lipinski definition) is 3. The highest BCUT2D eigenvalue weighted by Crippen LogP contribution is 2.20. The van der Waals surface area contributed by atoms with Gasteiger partial charge in [0.25, 0.3) is 0 Å². The summed E-state index contributed by atoms with van der Waals surface area (Å²) in [6.45, 7) is 7.65. The second-order valence-corrected chi connectivity index (χ2v) is 10.8. The molecule has 0 radical (unpaired) electrons. The lowest BCUT2D eigenvalue weighted by molar-refractivity contribution is -0.163. The molecule has 13 heteroatoms. The van der Waals surface area contributed by atoms with Gasteiger partial charge >= 0.3 is 18.0 Å². The molecule has 1 saturated heterocycles. The van der Waals surface area contributed by atoms with Gasteiger partial charge in [-0.15, -0.1) is 0 Å². The molecule has 1 fully saturated rings. The molecule has 1 aromatic rings. The smallest absolute Gasteiger partial charge is 0.332 e. The highest BCUT2D eigenvalue weighted by Gasteiger charge is 2.38. The van der Waals surface area contributed by atoms with Crippen LogP contribution in [0, 0.1) is 17.6 Å². The summed E-state index contributed by atoms with van der Waals surface area (Å²) in [5.74, 6) is -4.03. The number of esters is 2. The summed E-state index contributed by atoms with van der Waals surface area (Å²) in [4.78, 5) is 64.7. The lowest BCUT2D eigenvalue weighted by Gasteiger charge is -2.28. The maximum atomic E-state index is 13.9. The van der Waals surface area contributed by atoms with Crippen molar-refractivity contribution in [3.63, 3.8) is 0 Å². The predicted molar refractivity (Wildman–Crippen MR) is 149 cm³/mol. The number of likely N-dealkylation sites (tertiary alicyclic amines) is 1. The van der Waals surface area contributed by atoms with Crippen molar-refractivity contribution in [1.82, 2.24) is 20.9 Å². The fourth-order valence-electron chi connectivity index (χ4n) is 4.73. The molecule has 1 unspecified atom stereocenters. The van der Waals surface area contributed by atoms with Gasteiger partial charge in [-0.05, 0) is 49.8 Å². The number of carbonyl (C=O) groups excluding carboxylic acids is 5. The topological polar surface area (TPSA) is 143 Å². The van der Waals surface area contributed by atoms with Crippen LogP contribution in [0.25, 0.3) is 0 Å². The molecule has 0 aliphatic carbocycles. The number of nitrogens with zero attached hydrogens (tertiary/aromatic N) is 1. The molecule has 0 saturated carbocycles. The lowest BCUT2D eigenvalue weighted by Crippen LogP contribution is -2.57. The fraction of sp³-hybridized carbons (Fsp3) is 0.621. The van der Waals surface area contributed by atoms with E-state index in [9.17, 15) is 32.8 Å². The van der Waals surface area contributed by atoms with Crippen molar-refractivity contribution in [3.05, 3.63) is 35.4 Å². The molecule has 1 heterocycles. The van der Waals surface area contributed by atoms with E-state index in [1.807, 2.05) is 0 Å². The molecule has 1 aliphatic rings. The lowest BCUT2D eigenvalue weighted by atomic mass is 10.0. The van der Waals surface area contributed by atoms with E-state index < -0.39 is 59.7 Å². The van der Waals surface area contributed by atoms with E-state index >= 15 is 0 Å². The van der Waals surface area contributed by atoms with Gasteiger partial charge in [0, 0.05) is 32.5 Å². The number of halogens is 2. The summed E-state index contributed by atoms with van der Waals surface area (Å²) >= 11 is 0. The SMILES string of the molecule is COC(=O)[C@@H](NC(=O)[C@H](Cc1cc(F)cc(F)c1)NC(=O)NCCCCC(C)C)[C@H](C)OC(=O)C1CCCN1C(C)=O. The van der Waals surface area contributed by atoms with Gasteiger partial charge in [0.15, 0.2) is 6.04 Å². The van der Waals surface area contributed by atoms with Crippen molar-refractivity contribution in [2.24, 2.45) is 5.92 Å². The Morgan fingerprint density at radius 2 is 1.69 bits per heavy atom. The number of carbonyl (C=O) groups is 5. The van der Waals surface area contributed by atoms with E-state index in [1.165, 1.54) is 18.7 Å². The van der Waals surface area contributed by atoms with E-state index in [2.05, 4.69) is 29.8 Å². The summed E-state index contributed by atoms with van der Waals surface area (Å²) in [5, 5.41) is 7.60. The zero-order valence-corrected chi connectivity index (χ0v) is 24.8. The second kappa shape index (κ2) is 16.6. The van der Waals surface area contributed by atoms with Gasteiger partial charge in [0.05, 0.1) is 7.11 Å². The molecule has 1 aliphatic heterocycles. The highest BCUT2D eigenvalue weighted by molar-refractivity contribution is 5.91. The molecule has 2 rings (SSSR count). The van der Waals surface area contributed by atoms with Gasteiger partial charge in [0.1, 0.15) is 29.8 Å². The number of amides is 4. The number of hydrogen-bond acceptors (Lipinski definition) is 7. The zero-order chi connectivity index (χ0) is 31.4. The minimum absolute atomic E-state index is 0.0875. The van der Waals surface area contributed by atoms with E-state index in [-0.39, 0.29) is 17.9 Å². The maximum absolute atomic E-state index is 13.9. The van der Waals surface area contributed by atoms with Crippen LogP contribution in [-0.4, -0.2) is 79.1 Å². The third-order valence-corrected chi connectivity index (χ3v) is 6.93. The molecule has 11 nitrogen and oxygen atoms in total. The van der Waals surface area contributed by atoms with E-state index in [0.717, 1.165) is 32.1 Å². The Hall–Kier alpha value is -3.77. The Kier molecular flexibility index (Phi) is 13.6. The number of nitrogens with one attached hydrogen (secondary N) is 3. The van der Waals surface area contributed by atoms with Crippen LogP contribution in [0.4, 0.5) is 13.6 Å². The number of rotatable bonds is 14. The van der Waals surface area contributed by atoms with Gasteiger partial charge in [-0.25, -0.2) is 23.2 Å². The molecule has 234 valence electrons. The van der Waals surface area contributed by atoms with Gasteiger partial charge in [-0.1, -0.05) is 26.7 Å². The Balaban J connectivity index is 2.16. The molecule has 4 atom stereocenters. The summed E-state index contributed by atoms with van der Waals surface area (Å²) < 4.78 is 38.0. The predicted octanol–water partition coefficient (Wildman–Crippen LogP) is 2.60. The Labute approximate surface area is 245 Å². The number of methoxy groups -OCH3 is 1. The van der Waals surface area contributed by atoms with Gasteiger partial charge in [-0.3, -0.25) is 9.59 Å². The van der Waals surface area contributed by atoms with Crippen molar-refractivity contribution in [2.45, 2.75) is 90.4 Å². The average molecular weight is 597 g/mol. The van der Waals surface area contributed by atoms with Crippen LogP contribution < -0.4 is 16.0 Å². The first-order chi connectivity index (χ1) is 19.8. The van der Waals surface area contributed by atoms with Crippen molar-refractivity contribution in [3.8, 4) is 0 Å². The van der Waals surface area contributed by atoms with Crippen LogP contribution in [0.3, 0.4) is 0 Å². The Bertz CT molecular complexity index is 1100. The molecular weight excluding hydrogens is 554 g/mol. The zero-order valence-electron chi connectivity index (χ0n) is 24.8. The minimum atomic E-state index is -1.48. The molecule has 0 spiro atoms. The first kappa shape index (κ1) is 34.4. The number of ether oxygens (including phenoxy) is 2. The van der Waals surface area contributed by atoms with E-state index in [1.54, 1.807) is 0 Å². The van der Waals surface area contributed by atoms with Crippen molar-refractivity contribution < 1.29 is 42.2 Å². The molecule has 0 bridgehead atoms. The van der Waals surface area contributed by atoms with Gasteiger partial charge in [0.2, 0.25) is 11.8 Å². The van der Waals surface area contributed by atoms with Crippen LogP contribution in [-0.2, 0) is 35.1 Å². The van der Waals surface area contributed by atoms with Crippen LogP contribution in [0.15, 0.2) is 18.2 Å². The standard InChI is InChI=1S/C29H42F2N4O7/c1-17(2)9-6-7-11-32-29(40)33-23(15-20-13-21(30)16-22(31)14-20)26(37)34-25(28(39)41-5)18(3)42-27(38)24-10-8-12-35(24)19(4)36/h13-14,16-18,23-25H,6-12,15H2,1-5H3,(H,34,37)(H2,32,33,40)/t18-,23-,24?,25-/m0/s1. The van der Waals surface area contributed by atoms with Crippen molar-refractivity contribution in [1.29, 1.82) is 0 Å². The molecular formula is C29H42F2N4O7. The van der Waals surface area contributed by atoms with Crippen LogP contribution in [0.2, 0.25) is 0 Å². The molecule has 1 aromatic carbocycles. The average Bonchev–Trinajstić information content (AvgIpc) is 3.40. The van der Waals surface area contributed by atoms with Crippen LogP contribution >= 0.6 is 0 Å². The van der Waals surface area contributed by atoms with Gasteiger partial charge < -0.3 is 30.3 Å². The summed E-state index contributed by atoms with van der Waals surface area (Å²) in [7, 11) is 1.09. The monoisotopic (exact) mass is 596 g/mol. The molecule has 0 aromatic heterocycles. The van der Waals surface area contributed by atoms with Crippen LogP contribution in [0.1, 0.15) is 65.4 Å². The summed E-state index contributed by atoms with van der Waals surface area (Å²) in [6.07, 6.45) is 2.08. The van der Waals surface area contributed by atoms with E-state index in [4.69, 9.17) is 9.47 Å². The van der Waals surface area contributed by atoms with Crippen molar-refractivity contribution in [2.75, 3.05) is 20.2 Å². The minimum Gasteiger partial charge on any atom is -0.467 e. The maximum Gasteiger partial charge on any atom is 0.332 e.